The Kier molecular flexibility index (Phi) is 9.17. The Morgan fingerprint density at radius 1 is 0.723 bits per heavy atom. The molecule has 0 aliphatic heterocycles. The summed E-state index contributed by atoms with van der Waals surface area (Å²) in [5, 5.41) is 9.48. The number of halogens is 2. The number of methoxy groups -OCH3 is 1. The molecule has 0 aliphatic carbocycles. The number of esters is 1. The van der Waals surface area contributed by atoms with Crippen LogP contribution in [0.3, 0.4) is 0 Å². The third-order valence-corrected chi connectivity index (χ3v) is 8.55. The number of thiazole rings is 2. The zero-order chi connectivity index (χ0) is 34.2. The maximum Gasteiger partial charge on any atom is 0.345 e. The summed E-state index contributed by atoms with van der Waals surface area (Å²) >= 11 is 2.48. The number of ether oxygens (including phenoxy) is 1. The van der Waals surface area contributed by atoms with E-state index >= 15 is 0 Å². The Hall–Kier alpha value is -5.48. The molecule has 4 heterocycles. The molecule has 16 heteroatoms. The smallest absolute Gasteiger partial charge is 0.345 e. The van der Waals surface area contributed by atoms with Crippen molar-refractivity contribution in [2.75, 3.05) is 45.1 Å². The molecule has 4 aromatic heterocycles. The molecule has 0 fully saturated rings. The van der Waals surface area contributed by atoms with E-state index in [4.69, 9.17) is 4.74 Å². The lowest BCUT2D eigenvalue weighted by molar-refractivity contribution is 0.0598. The van der Waals surface area contributed by atoms with Gasteiger partial charge in [-0.2, -0.15) is 0 Å². The summed E-state index contributed by atoms with van der Waals surface area (Å²) in [6, 6.07) is 10.8. The Bertz CT molecular complexity index is 2260. The molecule has 0 bridgehead atoms. The number of carboxylic acid groups (broad SMARTS) is 1. The first-order valence-electron chi connectivity index (χ1n) is 13.6. The molecule has 0 aliphatic rings. The molecule has 12 nitrogen and oxygen atoms in total. The minimum atomic E-state index is -1.33. The van der Waals surface area contributed by atoms with Crippen LogP contribution in [0.25, 0.3) is 32.1 Å². The summed E-state index contributed by atoms with van der Waals surface area (Å²) in [4.78, 5) is 62.4. The maximum atomic E-state index is 13.2. The van der Waals surface area contributed by atoms with Crippen molar-refractivity contribution < 1.29 is 28.2 Å². The van der Waals surface area contributed by atoms with Crippen molar-refractivity contribution in [3.05, 3.63) is 103 Å². The number of fused-ring (bicyclic) bond motifs is 2. The van der Waals surface area contributed by atoms with Gasteiger partial charge in [-0.1, -0.05) is 0 Å². The van der Waals surface area contributed by atoms with Crippen LogP contribution in [0.5, 0.6) is 0 Å². The lowest BCUT2D eigenvalue weighted by Crippen LogP contribution is -2.30. The van der Waals surface area contributed by atoms with Gasteiger partial charge in [0.25, 0.3) is 11.1 Å². The van der Waals surface area contributed by atoms with Crippen molar-refractivity contribution in [3.63, 3.8) is 0 Å². The Morgan fingerprint density at radius 3 is 1.47 bits per heavy atom. The van der Waals surface area contributed by atoms with E-state index in [-0.39, 0.29) is 16.8 Å². The summed E-state index contributed by atoms with van der Waals surface area (Å²) in [6.45, 7) is 0. The van der Waals surface area contributed by atoms with Gasteiger partial charge in [-0.05, 0) is 48.5 Å². The predicted octanol–water partition coefficient (Wildman–Crippen LogP) is 4.79. The number of carboxylic acids is 1. The van der Waals surface area contributed by atoms with Crippen molar-refractivity contribution in [1.82, 2.24) is 19.1 Å². The molecular formula is C31H26F2N6O6S2. The van der Waals surface area contributed by atoms with Gasteiger partial charge in [-0.15, -0.1) is 22.7 Å². The van der Waals surface area contributed by atoms with Crippen LogP contribution >= 0.6 is 22.7 Å². The number of aromatic nitrogens is 4. The Balaban J connectivity index is 0.000000185. The largest absolute Gasteiger partial charge is 0.477 e. The topological polar surface area (TPSA) is 140 Å². The number of carbonyl (C=O) groups is 2. The SMILES string of the molecule is CN(C)c1c(C(=O)O)c(=O)n(-c2ccc(F)cc2)c2scnc12.COC(=O)c1c(N(C)C)c2ncsc2n(-c2ccc(F)cc2)c1=O. The third-order valence-electron chi connectivity index (χ3n) is 6.93. The van der Waals surface area contributed by atoms with Gasteiger partial charge >= 0.3 is 11.9 Å². The van der Waals surface area contributed by atoms with Gasteiger partial charge in [0.05, 0.1) is 40.9 Å². The summed E-state index contributed by atoms with van der Waals surface area (Å²) < 4.78 is 33.7. The number of rotatable bonds is 6. The van der Waals surface area contributed by atoms with E-state index in [1.807, 2.05) is 0 Å². The predicted molar refractivity (Wildman–Crippen MR) is 177 cm³/mol. The van der Waals surface area contributed by atoms with Crippen LogP contribution in [-0.2, 0) is 4.74 Å². The molecule has 6 rings (SSSR count). The van der Waals surface area contributed by atoms with E-state index in [0.29, 0.717) is 37.8 Å². The zero-order valence-corrected chi connectivity index (χ0v) is 27.2. The second-order valence-corrected chi connectivity index (χ2v) is 11.9. The van der Waals surface area contributed by atoms with Crippen LogP contribution in [0.4, 0.5) is 20.2 Å². The quantitative estimate of drug-likeness (QED) is 0.244. The number of pyridine rings is 2. The average Bonchev–Trinajstić information content (AvgIpc) is 3.71. The first-order chi connectivity index (χ1) is 22.4. The second-order valence-electron chi connectivity index (χ2n) is 10.3. The van der Waals surface area contributed by atoms with Gasteiger partial charge in [0, 0.05) is 28.2 Å². The standard InChI is InChI=1S/C16H14FN3O3S.C15H12FN3O3S/c1-19(2)13-11(16(22)23-3)14(21)20(15-12(13)18-8-24-15)10-6-4-9(17)5-7-10;1-18(2)12-10(15(21)22)13(20)19(14-11(12)17-7-23-14)9-5-3-8(16)4-6-9/h4-8H,1-3H3;3-7H,1-2H3,(H,21,22). The first-order valence-corrected chi connectivity index (χ1v) is 15.4. The van der Waals surface area contributed by atoms with E-state index in [9.17, 15) is 33.1 Å². The average molecular weight is 681 g/mol. The lowest BCUT2D eigenvalue weighted by atomic mass is 10.2. The molecule has 0 amide bonds. The second kappa shape index (κ2) is 13.1. The number of carbonyl (C=O) groups excluding carboxylic acids is 1. The molecule has 0 radical (unpaired) electrons. The number of anilines is 2. The van der Waals surface area contributed by atoms with Crippen molar-refractivity contribution >= 4 is 66.7 Å². The van der Waals surface area contributed by atoms with E-state index in [0.717, 1.165) is 0 Å². The van der Waals surface area contributed by atoms with Crippen molar-refractivity contribution in [3.8, 4) is 11.4 Å². The maximum absolute atomic E-state index is 13.2. The molecule has 1 N–H and O–H groups in total. The van der Waals surface area contributed by atoms with Crippen molar-refractivity contribution in [2.45, 2.75) is 0 Å². The highest BCUT2D eigenvalue weighted by Gasteiger charge is 2.27. The summed E-state index contributed by atoms with van der Waals surface area (Å²) in [5.41, 5.74) is 3.89. The fourth-order valence-corrected chi connectivity index (χ4v) is 6.59. The Morgan fingerprint density at radius 2 is 1.11 bits per heavy atom. The van der Waals surface area contributed by atoms with Crippen LogP contribution in [0, 0.1) is 11.6 Å². The summed E-state index contributed by atoms with van der Waals surface area (Å²) in [7, 11) is 7.98. The van der Waals surface area contributed by atoms with E-state index in [1.165, 1.54) is 87.4 Å². The molecule has 0 spiro atoms. The van der Waals surface area contributed by atoms with Crippen LogP contribution in [0.2, 0.25) is 0 Å². The highest BCUT2D eigenvalue weighted by atomic mass is 32.1. The molecule has 47 heavy (non-hydrogen) atoms. The monoisotopic (exact) mass is 680 g/mol. The molecule has 0 unspecified atom stereocenters. The fraction of sp³-hybridized carbons (Fsp3) is 0.161. The fourth-order valence-electron chi connectivity index (χ4n) is 4.97. The molecule has 0 atom stereocenters. The highest BCUT2D eigenvalue weighted by Crippen LogP contribution is 2.32. The van der Waals surface area contributed by atoms with E-state index in [1.54, 1.807) is 49.0 Å². The van der Waals surface area contributed by atoms with Gasteiger partial charge in [-0.25, -0.2) is 28.3 Å². The van der Waals surface area contributed by atoms with Gasteiger partial charge in [-0.3, -0.25) is 18.7 Å². The van der Waals surface area contributed by atoms with E-state index in [2.05, 4.69) is 9.97 Å². The van der Waals surface area contributed by atoms with Crippen molar-refractivity contribution in [2.24, 2.45) is 0 Å². The normalized spacial score (nSPS) is 10.9. The van der Waals surface area contributed by atoms with Gasteiger partial charge in [0.2, 0.25) is 0 Å². The van der Waals surface area contributed by atoms with Crippen LogP contribution < -0.4 is 20.9 Å². The molecule has 2 aromatic carbocycles. The summed E-state index contributed by atoms with van der Waals surface area (Å²) in [6.07, 6.45) is 0. The Labute approximate surface area is 273 Å². The number of hydrogen-bond acceptors (Lipinski definition) is 11. The van der Waals surface area contributed by atoms with E-state index < -0.39 is 34.7 Å². The van der Waals surface area contributed by atoms with Crippen LogP contribution in [-0.4, -0.2) is 71.4 Å². The molecule has 0 saturated heterocycles. The number of nitrogens with zero attached hydrogens (tertiary/aromatic N) is 6. The minimum absolute atomic E-state index is 0.106. The summed E-state index contributed by atoms with van der Waals surface area (Å²) in [5.74, 6) is -2.92. The highest BCUT2D eigenvalue weighted by molar-refractivity contribution is 7.16. The number of hydrogen-bond donors (Lipinski definition) is 1. The zero-order valence-electron chi connectivity index (χ0n) is 25.5. The first kappa shape index (κ1) is 32.9. The van der Waals surface area contributed by atoms with Gasteiger partial charge < -0.3 is 19.6 Å². The number of aromatic carboxylic acids is 1. The van der Waals surface area contributed by atoms with Gasteiger partial charge in [0.15, 0.2) is 11.1 Å². The molecular weight excluding hydrogens is 655 g/mol. The van der Waals surface area contributed by atoms with Crippen LogP contribution in [0.15, 0.2) is 69.1 Å². The molecule has 242 valence electrons. The molecule has 0 saturated carbocycles. The minimum Gasteiger partial charge on any atom is -0.477 e. The number of benzene rings is 2. The lowest BCUT2D eigenvalue weighted by Gasteiger charge is -2.19. The third kappa shape index (κ3) is 5.95. The van der Waals surface area contributed by atoms with Gasteiger partial charge in [0.1, 0.15) is 32.3 Å². The van der Waals surface area contributed by atoms with Crippen LogP contribution in [0.1, 0.15) is 20.7 Å². The molecule has 6 aromatic rings. The van der Waals surface area contributed by atoms with Crippen molar-refractivity contribution in [1.29, 1.82) is 0 Å².